The maximum atomic E-state index is 13.6. The fourth-order valence-corrected chi connectivity index (χ4v) is 3.15. The van der Waals surface area contributed by atoms with E-state index in [0.29, 0.717) is 13.1 Å². The number of benzene rings is 2. The average molecular weight is 360 g/mol. The molecule has 1 aliphatic heterocycles. The van der Waals surface area contributed by atoms with Crippen LogP contribution in [0.15, 0.2) is 48.5 Å². The lowest BCUT2D eigenvalue weighted by molar-refractivity contribution is -0.0656. The van der Waals surface area contributed by atoms with Crippen LogP contribution in [0.5, 0.6) is 0 Å². The van der Waals surface area contributed by atoms with E-state index in [-0.39, 0.29) is 36.8 Å². The van der Waals surface area contributed by atoms with Crippen LogP contribution in [-0.2, 0) is 11.2 Å². The second-order valence-electron chi connectivity index (χ2n) is 6.43. The van der Waals surface area contributed by atoms with Crippen molar-refractivity contribution in [3.8, 4) is 0 Å². The number of amides is 2. The first kappa shape index (κ1) is 18.3. The SMILES string of the molecule is C[C@@H]1CN(C(=O)NCCc2c(F)cccc2F)C[C@H](c2ccccc2)O1. The molecule has 0 aromatic heterocycles. The summed E-state index contributed by atoms with van der Waals surface area (Å²) in [5.41, 5.74) is 1.01. The highest BCUT2D eigenvalue weighted by Crippen LogP contribution is 2.25. The molecule has 1 saturated heterocycles. The molecule has 2 atom stereocenters. The van der Waals surface area contributed by atoms with E-state index < -0.39 is 11.6 Å². The summed E-state index contributed by atoms with van der Waals surface area (Å²) in [6, 6.07) is 13.3. The minimum atomic E-state index is -0.594. The van der Waals surface area contributed by atoms with Crippen molar-refractivity contribution in [3.63, 3.8) is 0 Å². The van der Waals surface area contributed by atoms with E-state index >= 15 is 0 Å². The number of morpholine rings is 1. The minimum Gasteiger partial charge on any atom is -0.367 e. The van der Waals surface area contributed by atoms with Crippen LogP contribution >= 0.6 is 0 Å². The molecule has 2 aromatic rings. The van der Waals surface area contributed by atoms with Gasteiger partial charge in [-0.05, 0) is 31.0 Å². The van der Waals surface area contributed by atoms with Gasteiger partial charge in [0.2, 0.25) is 0 Å². The van der Waals surface area contributed by atoms with Crippen molar-refractivity contribution in [3.05, 3.63) is 71.3 Å². The van der Waals surface area contributed by atoms with E-state index in [0.717, 1.165) is 5.56 Å². The zero-order valence-corrected chi connectivity index (χ0v) is 14.6. The van der Waals surface area contributed by atoms with Crippen LogP contribution in [0.4, 0.5) is 13.6 Å². The predicted octanol–water partition coefficient (Wildman–Crippen LogP) is 3.68. The Kier molecular flexibility index (Phi) is 5.83. The molecular formula is C20H22F2N2O2. The van der Waals surface area contributed by atoms with Crippen LogP contribution < -0.4 is 5.32 Å². The van der Waals surface area contributed by atoms with Gasteiger partial charge < -0.3 is 15.0 Å². The molecule has 0 bridgehead atoms. The summed E-state index contributed by atoms with van der Waals surface area (Å²) in [5, 5.41) is 2.75. The van der Waals surface area contributed by atoms with E-state index in [4.69, 9.17) is 4.74 Å². The van der Waals surface area contributed by atoms with Gasteiger partial charge in [-0.3, -0.25) is 0 Å². The van der Waals surface area contributed by atoms with Gasteiger partial charge in [-0.15, -0.1) is 0 Å². The Balaban J connectivity index is 1.57. The highest BCUT2D eigenvalue weighted by atomic mass is 19.1. The normalized spacial score (nSPS) is 20.0. The van der Waals surface area contributed by atoms with Gasteiger partial charge in [0, 0.05) is 18.7 Å². The standard InChI is InChI=1S/C20H22F2N2O2/c1-14-12-24(13-19(26-14)15-6-3-2-4-7-15)20(25)23-11-10-16-17(21)8-5-9-18(16)22/h2-9,14,19H,10-13H2,1H3,(H,23,25)/t14-,19-/m1/s1. The van der Waals surface area contributed by atoms with Crippen molar-refractivity contribution in [1.82, 2.24) is 10.2 Å². The van der Waals surface area contributed by atoms with Gasteiger partial charge >= 0.3 is 6.03 Å². The average Bonchev–Trinajstić information content (AvgIpc) is 2.64. The molecule has 138 valence electrons. The van der Waals surface area contributed by atoms with Crippen LogP contribution in [0.25, 0.3) is 0 Å². The number of hydrogen-bond donors (Lipinski definition) is 1. The first-order valence-electron chi connectivity index (χ1n) is 8.70. The van der Waals surface area contributed by atoms with Gasteiger partial charge in [0.25, 0.3) is 0 Å². The summed E-state index contributed by atoms with van der Waals surface area (Å²) < 4.78 is 33.2. The number of carbonyl (C=O) groups is 1. The van der Waals surface area contributed by atoms with Gasteiger partial charge in [0.1, 0.15) is 17.7 Å². The van der Waals surface area contributed by atoms with E-state index in [1.165, 1.54) is 18.2 Å². The number of hydrogen-bond acceptors (Lipinski definition) is 2. The van der Waals surface area contributed by atoms with Crippen LogP contribution in [0, 0.1) is 11.6 Å². The van der Waals surface area contributed by atoms with Crippen molar-refractivity contribution in [1.29, 1.82) is 0 Å². The Morgan fingerprint density at radius 1 is 1.12 bits per heavy atom. The Morgan fingerprint density at radius 3 is 2.50 bits per heavy atom. The fraction of sp³-hybridized carbons (Fsp3) is 0.350. The lowest BCUT2D eigenvalue weighted by Crippen LogP contribution is -2.50. The third-order valence-corrected chi connectivity index (χ3v) is 4.43. The molecule has 1 N–H and O–H groups in total. The summed E-state index contributed by atoms with van der Waals surface area (Å²) in [7, 11) is 0. The molecule has 0 saturated carbocycles. The maximum absolute atomic E-state index is 13.6. The zero-order chi connectivity index (χ0) is 18.5. The monoisotopic (exact) mass is 360 g/mol. The van der Waals surface area contributed by atoms with Gasteiger partial charge in [-0.1, -0.05) is 36.4 Å². The summed E-state index contributed by atoms with van der Waals surface area (Å²) in [6.45, 7) is 3.00. The highest BCUT2D eigenvalue weighted by molar-refractivity contribution is 5.74. The Bertz CT molecular complexity index is 734. The van der Waals surface area contributed by atoms with Crippen molar-refractivity contribution in [2.45, 2.75) is 25.6 Å². The van der Waals surface area contributed by atoms with Gasteiger partial charge in [-0.2, -0.15) is 0 Å². The topological polar surface area (TPSA) is 41.6 Å². The number of rotatable bonds is 4. The molecular weight excluding hydrogens is 338 g/mol. The zero-order valence-electron chi connectivity index (χ0n) is 14.6. The van der Waals surface area contributed by atoms with E-state index in [1.54, 1.807) is 4.90 Å². The number of ether oxygens (including phenoxy) is 1. The van der Waals surface area contributed by atoms with E-state index in [2.05, 4.69) is 5.32 Å². The Morgan fingerprint density at radius 2 is 1.81 bits per heavy atom. The summed E-state index contributed by atoms with van der Waals surface area (Å²) in [5.74, 6) is -1.19. The number of halogens is 2. The molecule has 2 amide bonds. The third kappa shape index (κ3) is 4.38. The second-order valence-corrected chi connectivity index (χ2v) is 6.43. The van der Waals surface area contributed by atoms with Crippen LogP contribution in [0.1, 0.15) is 24.2 Å². The number of urea groups is 1. The van der Waals surface area contributed by atoms with Crippen molar-refractivity contribution in [2.75, 3.05) is 19.6 Å². The number of nitrogens with zero attached hydrogens (tertiary/aromatic N) is 1. The quantitative estimate of drug-likeness (QED) is 0.904. The summed E-state index contributed by atoms with van der Waals surface area (Å²) in [4.78, 5) is 14.1. The van der Waals surface area contributed by atoms with Crippen LogP contribution in [-0.4, -0.2) is 36.7 Å². The molecule has 6 heteroatoms. The van der Waals surface area contributed by atoms with Crippen LogP contribution in [0.3, 0.4) is 0 Å². The molecule has 4 nitrogen and oxygen atoms in total. The Hall–Kier alpha value is -2.47. The lowest BCUT2D eigenvalue weighted by Gasteiger charge is -2.37. The highest BCUT2D eigenvalue weighted by Gasteiger charge is 2.29. The largest absolute Gasteiger partial charge is 0.367 e. The molecule has 0 aliphatic carbocycles. The maximum Gasteiger partial charge on any atom is 0.317 e. The summed E-state index contributed by atoms with van der Waals surface area (Å²) in [6.07, 6.45) is -0.176. The molecule has 0 radical (unpaired) electrons. The van der Waals surface area contributed by atoms with Gasteiger partial charge in [-0.25, -0.2) is 13.6 Å². The second kappa shape index (κ2) is 8.27. The van der Waals surface area contributed by atoms with Crippen LogP contribution in [0.2, 0.25) is 0 Å². The van der Waals surface area contributed by atoms with Gasteiger partial charge in [0.05, 0.1) is 12.6 Å². The Labute approximate surface area is 151 Å². The molecule has 2 aromatic carbocycles. The fourth-order valence-electron chi connectivity index (χ4n) is 3.15. The molecule has 3 rings (SSSR count). The molecule has 1 fully saturated rings. The molecule has 0 spiro atoms. The first-order chi connectivity index (χ1) is 12.5. The lowest BCUT2D eigenvalue weighted by atomic mass is 10.1. The molecule has 0 unspecified atom stereocenters. The van der Waals surface area contributed by atoms with Crippen molar-refractivity contribution < 1.29 is 18.3 Å². The van der Waals surface area contributed by atoms with E-state index in [9.17, 15) is 13.6 Å². The smallest absolute Gasteiger partial charge is 0.317 e. The molecule has 1 aliphatic rings. The molecule has 1 heterocycles. The van der Waals surface area contributed by atoms with E-state index in [1.807, 2.05) is 37.3 Å². The number of nitrogens with one attached hydrogen (secondary N) is 1. The predicted molar refractivity (Wildman–Crippen MR) is 94.8 cm³/mol. The van der Waals surface area contributed by atoms with Crippen molar-refractivity contribution >= 4 is 6.03 Å². The third-order valence-electron chi connectivity index (χ3n) is 4.43. The van der Waals surface area contributed by atoms with Crippen molar-refractivity contribution in [2.24, 2.45) is 0 Å². The summed E-state index contributed by atoms with van der Waals surface area (Å²) >= 11 is 0. The minimum absolute atomic E-state index is 0.00897. The first-order valence-corrected chi connectivity index (χ1v) is 8.70. The molecule has 26 heavy (non-hydrogen) atoms. The van der Waals surface area contributed by atoms with Gasteiger partial charge in [0.15, 0.2) is 0 Å². The number of carbonyl (C=O) groups excluding carboxylic acids is 1.